The van der Waals surface area contributed by atoms with Crippen molar-refractivity contribution in [2.24, 2.45) is 50.2 Å². The Bertz CT molecular complexity index is 2460. The van der Waals surface area contributed by atoms with Crippen LogP contribution >= 0.6 is 0 Å². The van der Waals surface area contributed by atoms with E-state index in [0.717, 1.165) is 5.57 Å². The molecule has 26 heteroatoms. The summed E-state index contributed by atoms with van der Waals surface area (Å²) >= 11 is 0. The number of carbonyl (C=O) groups excluding carboxylic acids is 1. The first kappa shape index (κ1) is 66.9. The second-order valence-corrected chi connectivity index (χ2v) is 27.9. The first-order valence-electron chi connectivity index (χ1n) is 30.0. The number of carboxylic acids is 1. The van der Waals surface area contributed by atoms with Crippen molar-refractivity contribution in [3.8, 4) is 0 Å². The number of allylic oxidation sites excluding steroid dienone is 2. The number of fused-ring (bicyclic) bond motifs is 7. The summed E-state index contributed by atoms with van der Waals surface area (Å²) in [5, 5.41) is 168. The molecule has 9 rings (SSSR count). The highest BCUT2D eigenvalue weighted by molar-refractivity contribution is 5.87. The molecular formula is C59H94O26. The number of rotatable bonds is 14. The van der Waals surface area contributed by atoms with E-state index in [2.05, 4.69) is 33.8 Å². The Morgan fingerprint density at radius 3 is 1.79 bits per heavy atom. The third-order valence-electron chi connectivity index (χ3n) is 22.6. The summed E-state index contributed by atoms with van der Waals surface area (Å²) in [6.45, 7) is 16.9. The Morgan fingerprint density at radius 2 is 1.19 bits per heavy atom. The van der Waals surface area contributed by atoms with Crippen molar-refractivity contribution in [1.29, 1.82) is 0 Å². The zero-order chi connectivity index (χ0) is 62.7. The molecule has 0 bridgehead atoms. The van der Waals surface area contributed by atoms with Crippen LogP contribution in [0.1, 0.15) is 114 Å². The molecule has 31 atom stereocenters. The molecule has 0 aromatic carbocycles. The summed E-state index contributed by atoms with van der Waals surface area (Å²) in [6, 6.07) is 0. The zero-order valence-electron chi connectivity index (χ0n) is 50.0. The van der Waals surface area contributed by atoms with Gasteiger partial charge in [-0.15, -0.1) is 0 Å². The van der Waals surface area contributed by atoms with Gasteiger partial charge in [-0.25, -0.2) is 9.59 Å². The number of aliphatic hydroxyl groups excluding tert-OH is 14. The zero-order valence-corrected chi connectivity index (χ0v) is 50.0. The lowest BCUT2D eigenvalue weighted by molar-refractivity contribution is -0.401. The number of aliphatic hydroxyl groups is 14. The number of carboxylic acid groups (broad SMARTS) is 1. The molecule has 31 unspecified atom stereocenters. The molecule has 0 aromatic rings. The third kappa shape index (κ3) is 10.8. The van der Waals surface area contributed by atoms with E-state index in [-0.39, 0.29) is 18.3 Å². The van der Waals surface area contributed by atoms with Crippen molar-refractivity contribution in [2.45, 2.75) is 261 Å². The van der Waals surface area contributed by atoms with Crippen LogP contribution in [0, 0.1) is 50.2 Å². The van der Waals surface area contributed by atoms with E-state index in [1.165, 1.54) is 6.92 Å². The van der Waals surface area contributed by atoms with Crippen LogP contribution in [-0.4, -0.2) is 256 Å². The molecule has 15 N–H and O–H groups in total. The highest BCUT2D eigenvalue weighted by atomic mass is 16.8. The Hall–Kier alpha value is -2.46. The lowest BCUT2D eigenvalue weighted by atomic mass is 9.32. The molecule has 0 aromatic heterocycles. The normalized spacial score (nSPS) is 52.4. The maximum Gasteiger partial charge on any atom is 0.335 e. The van der Waals surface area contributed by atoms with Gasteiger partial charge in [0.1, 0.15) is 91.6 Å². The van der Waals surface area contributed by atoms with Crippen molar-refractivity contribution in [1.82, 2.24) is 0 Å². The van der Waals surface area contributed by atoms with Crippen LogP contribution in [-0.2, 0) is 52.2 Å². The molecule has 0 radical (unpaired) electrons. The summed E-state index contributed by atoms with van der Waals surface area (Å²) in [5.74, 6) is -3.04. The van der Waals surface area contributed by atoms with Gasteiger partial charge in [0.25, 0.3) is 0 Å². The van der Waals surface area contributed by atoms with Gasteiger partial charge < -0.3 is 119 Å². The van der Waals surface area contributed by atoms with Crippen molar-refractivity contribution in [3.05, 3.63) is 23.3 Å². The second kappa shape index (κ2) is 24.3. The van der Waals surface area contributed by atoms with Gasteiger partial charge in [-0.05, 0) is 105 Å². The second-order valence-electron chi connectivity index (χ2n) is 27.9. The van der Waals surface area contributed by atoms with E-state index in [0.29, 0.717) is 44.1 Å². The molecule has 4 saturated carbocycles. The highest BCUT2D eigenvalue weighted by Crippen LogP contribution is 2.76. The average molecular weight is 1220 g/mol. The van der Waals surface area contributed by atoms with Gasteiger partial charge in [0.2, 0.25) is 0 Å². The standard InChI is InChI=1S/C59H94O26/c1-11-23(2)49(76)80-32-19-54(4,5)18-26-25-12-13-30-56(8)16-15-31(55(6,7)29(56)14-17-57(30,9)58(25,10)46(72)47(73)59(26,32)22-62)81-53-45(85-51-39(69)36(66)34(64)27(20-60)78-51)43(41(71)44(84-53)48(74)75)83-52-40(70)37(67)42(28(21-61)79-52)82-50-38(68)35(65)33(63)24(3)77-50/h11-12,24,26-47,50-53,60-73H,13-22H2,1-10H3,(H,74,75). The van der Waals surface area contributed by atoms with Crippen LogP contribution in [0.2, 0.25) is 0 Å². The highest BCUT2D eigenvalue weighted by Gasteiger charge is 2.75. The number of esters is 1. The van der Waals surface area contributed by atoms with Gasteiger partial charge in [0, 0.05) is 11.0 Å². The molecule has 4 heterocycles. The Morgan fingerprint density at radius 1 is 0.612 bits per heavy atom. The number of ether oxygens (including phenoxy) is 9. The van der Waals surface area contributed by atoms with E-state index >= 15 is 0 Å². The molecule has 0 amide bonds. The third-order valence-corrected chi connectivity index (χ3v) is 22.6. The van der Waals surface area contributed by atoms with Crippen LogP contribution in [0.3, 0.4) is 0 Å². The lowest BCUT2D eigenvalue weighted by Gasteiger charge is -2.73. The fourth-order valence-corrected chi connectivity index (χ4v) is 17.4. The van der Waals surface area contributed by atoms with Crippen molar-refractivity contribution in [3.63, 3.8) is 0 Å². The predicted octanol–water partition coefficient (Wildman–Crippen LogP) is -2.01. The number of aliphatic carboxylic acids is 1. The Labute approximate surface area is 494 Å². The summed E-state index contributed by atoms with van der Waals surface area (Å²) in [6.07, 6.45) is -34.9. The predicted molar refractivity (Wildman–Crippen MR) is 289 cm³/mol. The first-order valence-corrected chi connectivity index (χ1v) is 30.0. The fraction of sp³-hybridized carbons (Fsp3) is 0.898. The minimum atomic E-state index is -2.26. The van der Waals surface area contributed by atoms with E-state index in [1.54, 1.807) is 19.9 Å². The Balaban J connectivity index is 1.02. The maximum atomic E-state index is 13.5. The Kier molecular flexibility index (Phi) is 19.1. The van der Waals surface area contributed by atoms with Crippen LogP contribution in [0.4, 0.5) is 0 Å². The van der Waals surface area contributed by atoms with Gasteiger partial charge in [-0.1, -0.05) is 66.2 Å². The molecule has 0 spiro atoms. The fourth-order valence-electron chi connectivity index (χ4n) is 17.4. The summed E-state index contributed by atoms with van der Waals surface area (Å²) in [5.41, 5.74) is -3.53. The quantitative estimate of drug-likeness (QED) is 0.0387. The summed E-state index contributed by atoms with van der Waals surface area (Å²) < 4.78 is 54.7. The SMILES string of the molecule is CC=C(C)C(=O)OC1CC(C)(C)CC2C3=CCC4C5(C)CCC(OC6OC(C(=O)O)C(O)C(OC7OC(CO)C(OC8OC(C)C(O)C(O)C8O)C(O)C7O)C6OC6OC(CO)C(O)C(O)C6O)C(C)(C)C5CCC4(C)C3(C)C(O)C(O)C12CO. The number of hydrogen-bond acceptors (Lipinski definition) is 25. The van der Waals surface area contributed by atoms with Crippen molar-refractivity contribution >= 4 is 11.9 Å². The average Bonchev–Trinajstić information content (AvgIpc) is 0.673. The van der Waals surface area contributed by atoms with Gasteiger partial charge in [-0.3, -0.25) is 0 Å². The largest absolute Gasteiger partial charge is 0.479 e. The van der Waals surface area contributed by atoms with Crippen LogP contribution in [0.15, 0.2) is 23.3 Å². The molecule has 85 heavy (non-hydrogen) atoms. The molecule has 4 aliphatic heterocycles. The van der Waals surface area contributed by atoms with Crippen LogP contribution < -0.4 is 0 Å². The number of carbonyl (C=O) groups is 2. The van der Waals surface area contributed by atoms with E-state index in [9.17, 15) is 86.2 Å². The summed E-state index contributed by atoms with van der Waals surface area (Å²) in [7, 11) is 0. The van der Waals surface area contributed by atoms with Gasteiger partial charge in [0.05, 0.1) is 49.7 Å². The smallest absolute Gasteiger partial charge is 0.335 e. The summed E-state index contributed by atoms with van der Waals surface area (Å²) in [4.78, 5) is 26.6. The molecule has 9 aliphatic rings. The molecule has 5 aliphatic carbocycles. The monoisotopic (exact) mass is 1220 g/mol. The number of hydrogen-bond donors (Lipinski definition) is 15. The minimum absolute atomic E-state index is 0.121. The van der Waals surface area contributed by atoms with Crippen LogP contribution in [0.5, 0.6) is 0 Å². The maximum absolute atomic E-state index is 13.5. The topological polar surface area (TPSA) is 421 Å². The molecule has 4 saturated heterocycles. The van der Waals surface area contributed by atoms with E-state index < -0.39 is 217 Å². The van der Waals surface area contributed by atoms with Crippen molar-refractivity contribution < 1.29 is 129 Å². The van der Waals surface area contributed by atoms with E-state index in [4.69, 9.17) is 42.6 Å². The first-order chi connectivity index (χ1) is 39.7. The minimum Gasteiger partial charge on any atom is -0.479 e. The van der Waals surface area contributed by atoms with Gasteiger partial charge >= 0.3 is 11.9 Å². The van der Waals surface area contributed by atoms with Gasteiger partial charge in [0.15, 0.2) is 31.3 Å². The molecule has 26 nitrogen and oxygen atoms in total. The molecular weight excluding hydrogens is 1120 g/mol. The van der Waals surface area contributed by atoms with Gasteiger partial charge in [-0.2, -0.15) is 0 Å². The lowest BCUT2D eigenvalue weighted by Crippen LogP contribution is -2.74. The molecule has 8 fully saturated rings. The van der Waals surface area contributed by atoms with E-state index in [1.807, 2.05) is 20.8 Å². The van der Waals surface area contributed by atoms with Crippen LogP contribution in [0.25, 0.3) is 0 Å². The molecule has 486 valence electrons. The van der Waals surface area contributed by atoms with Crippen molar-refractivity contribution in [2.75, 3.05) is 19.8 Å².